The summed E-state index contributed by atoms with van der Waals surface area (Å²) in [5.74, 6) is -0.101. The van der Waals surface area contributed by atoms with E-state index in [-0.39, 0.29) is 24.9 Å². The van der Waals surface area contributed by atoms with Gasteiger partial charge in [0.2, 0.25) is 5.91 Å². The van der Waals surface area contributed by atoms with E-state index in [1.54, 1.807) is 10.9 Å². The Morgan fingerprint density at radius 1 is 1.10 bits per heavy atom. The highest BCUT2D eigenvalue weighted by atomic mass is 16.2. The van der Waals surface area contributed by atoms with Crippen LogP contribution in [0.2, 0.25) is 0 Å². The van der Waals surface area contributed by atoms with Crippen LogP contribution in [0, 0.1) is 5.92 Å². The van der Waals surface area contributed by atoms with Crippen molar-refractivity contribution in [2.45, 2.75) is 59.8 Å². The number of carbonyl (C=O) groups excluding carboxylic acids is 1. The number of aromatic nitrogens is 4. The number of benzene rings is 1. The molecule has 0 saturated carbocycles. The van der Waals surface area contributed by atoms with Gasteiger partial charge in [-0.25, -0.2) is 14.3 Å². The average Bonchev–Trinajstić information content (AvgIpc) is 3.04. The van der Waals surface area contributed by atoms with Gasteiger partial charge >= 0.3 is 5.69 Å². The maximum absolute atomic E-state index is 13.2. The minimum atomic E-state index is -0.546. The molecule has 2 heterocycles. The molecule has 0 radical (unpaired) electrons. The molecule has 0 aliphatic rings. The van der Waals surface area contributed by atoms with Crippen LogP contribution in [0.1, 0.15) is 40.2 Å². The van der Waals surface area contributed by atoms with E-state index in [1.165, 1.54) is 4.57 Å². The third-order valence-electron chi connectivity index (χ3n) is 4.55. The van der Waals surface area contributed by atoms with Crippen LogP contribution in [0.3, 0.4) is 0 Å². The van der Waals surface area contributed by atoms with E-state index in [4.69, 9.17) is 0 Å². The zero-order chi connectivity index (χ0) is 22.1. The maximum Gasteiger partial charge on any atom is 0.333 e. The molecule has 1 aromatic carbocycles. The summed E-state index contributed by atoms with van der Waals surface area (Å²) >= 11 is 0. The molecule has 3 rings (SSSR count). The zero-order valence-electron chi connectivity index (χ0n) is 18.2. The van der Waals surface area contributed by atoms with Gasteiger partial charge in [-0.05, 0) is 32.3 Å². The highest BCUT2D eigenvalue weighted by Crippen LogP contribution is 2.12. The Balaban J connectivity index is 2.18. The van der Waals surface area contributed by atoms with Crippen molar-refractivity contribution in [1.29, 1.82) is 0 Å². The van der Waals surface area contributed by atoms with Gasteiger partial charge in [0.1, 0.15) is 6.54 Å². The predicted octanol–water partition coefficient (Wildman–Crippen LogP) is 1.98. The lowest BCUT2D eigenvalue weighted by atomic mass is 10.1. The largest absolute Gasteiger partial charge is 0.350 e. The highest BCUT2D eigenvalue weighted by Gasteiger charge is 2.21. The molecule has 3 aromatic rings. The van der Waals surface area contributed by atoms with E-state index in [1.807, 2.05) is 65.0 Å². The monoisotopic (exact) mass is 411 g/mol. The second kappa shape index (κ2) is 8.30. The topological polar surface area (TPSA) is 90.9 Å². The number of carbonyl (C=O) groups is 1. The number of amides is 1. The van der Waals surface area contributed by atoms with E-state index in [0.29, 0.717) is 17.7 Å². The van der Waals surface area contributed by atoms with Crippen molar-refractivity contribution in [3.05, 3.63) is 63.1 Å². The van der Waals surface area contributed by atoms with Crippen molar-refractivity contribution in [3.8, 4) is 0 Å². The molecule has 2 aromatic heterocycles. The Morgan fingerprint density at radius 2 is 1.77 bits per heavy atom. The summed E-state index contributed by atoms with van der Waals surface area (Å²) in [6, 6.07) is 9.50. The summed E-state index contributed by atoms with van der Waals surface area (Å²) in [7, 11) is 0. The smallest absolute Gasteiger partial charge is 0.333 e. The van der Waals surface area contributed by atoms with E-state index in [2.05, 4.69) is 10.3 Å². The third-order valence-corrected chi connectivity index (χ3v) is 4.55. The molecule has 8 nitrogen and oxygen atoms in total. The number of rotatable bonds is 6. The minimum Gasteiger partial charge on any atom is -0.350 e. The molecule has 0 aliphatic carbocycles. The van der Waals surface area contributed by atoms with Crippen molar-refractivity contribution in [1.82, 2.24) is 24.0 Å². The van der Waals surface area contributed by atoms with Crippen LogP contribution in [-0.2, 0) is 24.4 Å². The molecule has 0 bridgehead atoms. The van der Waals surface area contributed by atoms with Crippen LogP contribution in [0.5, 0.6) is 0 Å². The second-order valence-corrected chi connectivity index (χ2v) is 9.01. The van der Waals surface area contributed by atoms with E-state index >= 15 is 0 Å². The first-order valence-corrected chi connectivity index (χ1v) is 10.1. The molecular formula is C22H29N5O3. The first-order chi connectivity index (χ1) is 14.1. The molecule has 8 heteroatoms. The van der Waals surface area contributed by atoms with Gasteiger partial charge in [0.15, 0.2) is 11.2 Å². The fourth-order valence-electron chi connectivity index (χ4n) is 3.42. The summed E-state index contributed by atoms with van der Waals surface area (Å²) in [5.41, 5.74) is 0.0675. The van der Waals surface area contributed by atoms with E-state index < -0.39 is 16.8 Å². The lowest BCUT2D eigenvalue weighted by molar-refractivity contribution is -0.123. The van der Waals surface area contributed by atoms with Gasteiger partial charge in [-0.2, -0.15) is 0 Å². The van der Waals surface area contributed by atoms with Gasteiger partial charge in [-0.15, -0.1) is 0 Å². The summed E-state index contributed by atoms with van der Waals surface area (Å²) in [5, 5.41) is 2.81. The van der Waals surface area contributed by atoms with Crippen LogP contribution < -0.4 is 16.6 Å². The van der Waals surface area contributed by atoms with Gasteiger partial charge < -0.3 is 9.88 Å². The second-order valence-electron chi connectivity index (χ2n) is 9.01. The van der Waals surface area contributed by atoms with Gasteiger partial charge in [0.25, 0.3) is 5.56 Å². The molecule has 1 amide bonds. The lowest BCUT2D eigenvalue weighted by Crippen LogP contribution is -2.48. The lowest BCUT2D eigenvalue weighted by Gasteiger charge is -2.21. The third kappa shape index (κ3) is 4.69. The number of hydrogen-bond acceptors (Lipinski definition) is 4. The summed E-state index contributed by atoms with van der Waals surface area (Å²) in [6.07, 6.45) is 1.59. The molecule has 0 fully saturated rings. The molecule has 0 saturated heterocycles. The van der Waals surface area contributed by atoms with E-state index in [9.17, 15) is 14.4 Å². The minimum absolute atomic E-state index is 0.260. The number of hydrogen-bond donors (Lipinski definition) is 1. The van der Waals surface area contributed by atoms with Crippen LogP contribution in [0.25, 0.3) is 11.2 Å². The van der Waals surface area contributed by atoms with Crippen molar-refractivity contribution >= 4 is 17.1 Å². The maximum atomic E-state index is 13.2. The van der Waals surface area contributed by atoms with Crippen LogP contribution in [-0.4, -0.2) is 30.1 Å². The molecule has 160 valence electrons. The Bertz CT molecular complexity index is 1160. The van der Waals surface area contributed by atoms with Gasteiger partial charge in [0.05, 0.1) is 12.9 Å². The SMILES string of the molecule is CC(C)Cn1cnc2c1c(=O)n(CC(=O)NC(C)(C)C)c(=O)n2Cc1ccccc1. The van der Waals surface area contributed by atoms with Crippen molar-refractivity contribution in [2.75, 3.05) is 0 Å². The molecule has 0 spiro atoms. The molecule has 0 unspecified atom stereocenters. The summed E-state index contributed by atoms with van der Waals surface area (Å²) in [6.45, 7) is 10.1. The fourth-order valence-corrected chi connectivity index (χ4v) is 3.42. The van der Waals surface area contributed by atoms with Gasteiger partial charge in [-0.3, -0.25) is 14.2 Å². The van der Waals surface area contributed by atoms with Crippen LogP contribution >= 0.6 is 0 Å². The quantitative estimate of drug-likeness (QED) is 0.671. The van der Waals surface area contributed by atoms with Crippen LogP contribution in [0.4, 0.5) is 0 Å². The van der Waals surface area contributed by atoms with Gasteiger partial charge in [-0.1, -0.05) is 44.2 Å². The highest BCUT2D eigenvalue weighted by molar-refractivity contribution is 5.77. The summed E-state index contributed by atoms with van der Waals surface area (Å²) < 4.78 is 4.24. The fraction of sp³-hybridized carbons (Fsp3) is 0.455. The van der Waals surface area contributed by atoms with Crippen molar-refractivity contribution < 1.29 is 4.79 Å². The Morgan fingerprint density at radius 3 is 2.37 bits per heavy atom. The van der Waals surface area contributed by atoms with Crippen molar-refractivity contribution in [3.63, 3.8) is 0 Å². The molecule has 0 atom stereocenters. The van der Waals surface area contributed by atoms with Crippen molar-refractivity contribution in [2.24, 2.45) is 5.92 Å². The molecule has 0 aliphatic heterocycles. The van der Waals surface area contributed by atoms with E-state index in [0.717, 1.165) is 10.1 Å². The zero-order valence-corrected chi connectivity index (χ0v) is 18.2. The Labute approximate surface area is 175 Å². The molecule has 1 N–H and O–H groups in total. The number of imidazole rings is 1. The number of fused-ring (bicyclic) bond motifs is 1. The standard InChI is InChI=1S/C22H29N5O3/c1-15(2)11-25-14-23-19-18(25)20(29)27(13-17(28)24-22(3,4)5)21(30)26(19)12-16-9-7-6-8-10-16/h6-10,14-15H,11-13H2,1-5H3,(H,24,28). The Hall–Kier alpha value is -3.16. The first kappa shape index (κ1) is 21.5. The summed E-state index contributed by atoms with van der Waals surface area (Å²) in [4.78, 5) is 43.3. The Kier molecular flexibility index (Phi) is 5.96. The van der Waals surface area contributed by atoms with Crippen LogP contribution in [0.15, 0.2) is 46.2 Å². The number of nitrogens with zero attached hydrogens (tertiary/aromatic N) is 4. The molecular weight excluding hydrogens is 382 g/mol. The first-order valence-electron chi connectivity index (χ1n) is 10.1. The average molecular weight is 412 g/mol. The normalized spacial score (nSPS) is 11.9. The predicted molar refractivity (Wildman–Crippen MR) is 117 cm³/mol. The number of nitrogens with one attached hydrogen (secondary N) is 1. The van der Waals surface area contributed by atoms with Gasteiger partial charge in [0, 0.05) is 12.1 Å². The molecule has 30 heavy (non-hydrogen) atoms.